The zero-order valence-corrected chi connectivity index (χ0v) is 13.8. The Balaban J connectivity index is 2.13. The number of aliphatic hydroxyl groups is 1. The van der Waals surface area contributed by atoms with Gasteiger partial charge in [0.05, 0.1) is 19.4 Å². The Labute approximate surface area is 145 Å². The Bertz CT molecular complexity index is 740. The monoisotopic (exact) mass is 348 g/mol. The molecule has 7 nitrogen and oxygen atoms in total. The van der Waals surface area contributed by atoms with Crippen molar-refractivity contribution in [3.05, 3.63) is 47.8 Å². The van der Waals surface area contributed by atoms with Crippen molar-refractivity contribution in [1.82, 2.24) is 0 Å². The summed E-state index contributed by atoms with van der Waals surface area (Å²) in [5, 5.41) is 17.5. The van der Waals surface area contributed by atoms with Gasteiger partial charge in [-0.2, -0.15) is 0 Å². The number of hydrogen-bond donors (Lipinski definition) is 5. The van der Waals surface area contributed by atoms with Gasteiger partial charge in [0, 0.05) is 42.2 Å². The third-order valence-corrected chi connectivity index (χ3v) is 3.36. The molecule has 0 aliphatic rings. The highest BCUT2D eigenvalue weighted by atomic mass is 19.1. The van der Waals surface area contributed by atoms with E-state index in [1.165, 1.54) is 19.2 Å². The van der Waals surface area contributed by atoms with Gasteiger partial charge in [-0.05, 0) is 18.2 Å². The first-order chi connectivity index (χ1) is 12.0. The predicted octanol–water partition coefficient (Wildman–Crippen LogP) is 2.34. The Hall–Kier alpha value is -2.84. The number of anilines is 3. The van der Waals surface area contributed by atoms with Gasteiger partial charge < -0.3 is 31.5 Å². The Kier molecular flexibility index (Phi) is 6.55. The highest BCUT2D eigenvalue weighted by Gasteiger charge is 2.09. The fourth-order valence-corrected chi connectivity index (χ4v) is 2.20. The molecule has 0 unspecified atom stereocenters. The Morgan fingerprint density at radius 3 is 2.64 bits per heavy atom. The molecule has 2 amide bonds. The highest BCUT2D eigenvalue weighted by molar-refractivity contribution is 6.00. The summed E-state index contributed by atoms with van der Waals surface area (Å²) in [4.78, 5) is 12.2. The molecule has 0 heterocycles. The number of benzene rings is 2. The van der Waals surface area contributed by atoms with E-state index in [1.54, 1.807) is 18.2 Å². The van der Waals surface area contributed by atoms with E-state index in [0.29, 0.717) is 30.1 Å². The van der Waals surface area contributed by atoms with Crippen LogP contribution in [0.3, 0.4) is 0 Å². The van der Waals surface area contributed by atoms with E-state index in [1.807, 2.05) is 0 Å². The minimum absolute atomic E-state index is 0.198. The molecular weight excluding hydrogens is 327 g/mol. The fourth-order valence-electron chi connectivity index (χ4n) is 2.20. The highest BCUT2D eigenvalue weighted by Crippen LogP contribution is 2.25. The molecule has 0 radical (unpaired) electrons. The van der Waals surface area contributed by atoms with Gasteiger partial charge in [0.2, 0.25) is 0 Å². The topological polar surface area (TPSA) is 109 Å². The molecule has 0 bridgehead atoms. The number of ether oxygens (including phenoxy) is 1. The average Bonchev–Trinajstić information content (AvgIpc) is 2.59. The van der Waals surface area contributed by atoms with Gasteiger partial charge >= 0.3 is 6.03 Å². The van der Waals surface area contributed by atoms with E-state index >= 15 is 0 Å². The van der Waals surface area contributed by atoms with Crippen molar-refractivity contribution in [2.24, 2.45) is 5.73 Å². The summed E-state index contributed by atoms with van der Waals surface area (Å²) in [6, 6.07) is 8.33. The first-order valence-corrected chi connectivity index (χ1v) is 7.66. The van der Waals surface area contributed by atoms with E-state index in [0.717, 1.165) is 11.8 Å². The van der Waals surface area contributed by atoms with Crippen LogP contribution >= 0.6 is 0 Å². The largest absolute Gasteiger partial charge is 0.497 e. The number of hydrogen-bond acceptors (Lipinski definition) is 5. The van der Waals surface area contributed by atoms with Crippen LogP contribution in [0.15, 0.2) is 36.4 Å². The number of aliphatic hydroxyl groups excluding tert-OH is 1. The number of urea groups is 1. The van der Waals surface area contributed by atoms with Crippen molar-refractivity contribution >= 4 is 23.1 Å². The Morgan fingerprint density at radius 2 is 1.96 bits per heavy atom. The summed E-state index contributed by atoms with van der Waals surface area (Å²) >= 11 is 0. The molecule has 0 atom stereocenters. The number of amides is 2. The summed E-state index contributed by atoms with van der Waals surface area (Å²) in [5.41, 5.74) is 7.30. The summed E-state index contributed by atoms with van der Waals surface area (Å²) < 4.78 is 18.5. The van der Waals surface area contributed by atoms with E-state index < -0.39 is 11.8 Å². The SMILES string of the molecule is COc1cc(NCCN)cc(NC(=O)Nc2cc(F)ccc2CO)c1. The van der Waals surface area contributed by atoms with E-state index in [2.05, 4.69) is 16.0 Å². The maximum Gasteiger partial charge on any atom is 0.323 e. The van der Waals surface area contributed by atoms with E-state index in [4.69, 9.17) is 10.5 Å². The zero-order valence-electron chi connectivity index (χ0n) is 13.8. The van der Waals surface area contributed by atoms with Crippen LogP contribution in [0.4, 0.5) is 26.2 Å². The maximum atomic E-state index is 13.3. The van der Waals surface area contributed by atoms with Crippen LogP contribution in [-0.2, 0) is 6.61 Å². The summed E-state index contributed by atoms with van der Waals surface area (Å²) in [7, 11) is 1.52. The molecule has 2 aromatic carbocycles. The third-order valence-electron chi connectivity index (χ3n) is 3.36. The number of halogens is 1. The average molecular weight is 348 g/mol. The molecule has 0 fully saturated rings. The molecule has 0 spiro atoms. The lowest BCUT2D eigenvalue weighted by Crippen LogP contribution is -2.20. The summed E-state index contributed by atoms with van der Waals surface area (Å²) in [5.74, 6) is 0.0428. The number of nitrogens with two attached hydrogens (primary N) is 1. The molecule has 0 aromatic heterocycles. The molecule has 8 heteroatoms. The van der Waals surface area contributed by atoms with Crippen LogP contribution in [0.1, 0.15) is 5.56 Å². The third kappa shape index (κ3) is 5.33. The van der Waals surface area contributed by atoms with Crippen LogP contribution in [0.5, 0.6) is 5.75 Å². The number of nitrogens with one attached hydrogen (secondary N) is 3. The normalized spacial score (nSPS) is 10.2. The summed E-state index contributed by atoms with van der Waals surface area (Å²) in [6.07, 6.45) is 0. The summed E-state index contributed by atoms with van der Waals surface area (Å²) in [6.45, 7) is 0.716. The van der Waals surface area contributed by atoms with E-state index in [9.17, 15) is 14.3 Å². The lowest BCUT2D eigenvalue weighted by Gasteiger charge is -2.13. The first-order valence-electron chi connectivity index (χ1n) is 7.66. The van der Waals surface area contributed by atoms with Crippen molar-refractivity contribution in [3.63, 3.8) is 0 Å². The second kappa shape index (κ2) is 8.86. The molecular formula is C17H21FN4O3. The molecule has 0 aliphatic carbocycles. The molecule has 6 N–H and O–H groups in total. The zero-order chi connectivity index (χ0) is 18.2. The van der Waals surface area contributed by atoms with Crippen LogP contribution in [-0.4, -0.2) is 31.3 Å². The van der Waals surface area contributed by atoms with Gasteiger partial charge in [0.1, 0.15) is 11.6 Å². The van der Waals surface area contributed by atoms with Crippen molar-refractivity contribution < 1.29 is 19.0 Å². The minimum atomic E-state index is -0.571. The molecule has 25 heavy (non-hydrogen) atoms. The van der Waals surface area contributed by atoms with Gasteiger partial charge in [-0.25, -0.2) is 9.18 Å². The standard InChI is InChI=1S/C17H21FN4O3/c1-25-15-8-13(20-5-4-19)7-14(9-15)21-17(24)22-16-6-12(18)3-2-11(16)10-23/h2-3,6-9,20,23H,4-5,10,19H2,1H3,(H2,21,22,24). The van der Waals surface area contributed by atoms with Gasteiger partial charge in [-0.1, -0.05) is 6.07 Å². The molecule has 134 valence electrons. The number of carbonyl (C=O) groups excluding carboxylic acids is 1. The van der Waals surface area contributed by atoms with Gasteiger partial charge in [-0.15, -0.1) is 0 Å². The number of methoxy groups -OCH3 is 1. The quantitative estimate of drug-likeness (QED) is 0.528. The van der Waals surface area contributed by atoms with Gasteiger partial charge in [0.25, 0.3) is 0 Å². The second-order valence-corrected chi connectivity index (χ2v) is 5.20. The van der Waals surface area contributed by atoms with Crippen LogP contribution in [0.25, 0.3) is 0 Å². The van der Waals surface area contributed by atoms with Gasteiger partial charge in [-0.3, -0.25) is 0 Å². The minimum Gasteiger partial charge on any atom is -0.497 e. The molecule has 0 saturated carbocycles. The number of carbonyl (C=O) groups is 1. The lowest BCUT2D eigenvalue weighted by molar-refractivity contribution is 0.262. The lowest BCUT2D eigenvalue weighted by atomic mass is 10.2. The second-order valence-electron chi connectivity index (χ2n) is 5.20. The van der Waals surface area contributed by atoms with Crippen LogP contribution in [0, 0.1) is 5.82 Å². The van der Waals surface area contributed by atoms with Crippen molar-refractivity contribution in [2.75, 3.05) is 36.1 Å². The Morgan fingerprint density at radius 1 is 1.20 bits per heavy atom. The molecule has 0 aliphatic heterocycles. The van der Waals surface area contributed by atoms with E-state index in [-0.39, 0.29) is 12.3 Å². The van der Waals surface area contributed by atoms with Crippen molar-refractivity contribution in [3.8, 4) is 5.75 Å². The van der Waals surface area contributed by atoms with Crippen LogP contribution in [0.2, 0.25) is 0 Å². The molecule has 2 aromatic rings. The smallest absolute Gasteiger partial charge is 0.323 e. The predicted molar refractivity (Wildman–Crippen MR) is 95.5 cm³/mol. The molecule has 0 saturated heterocycles. The number of rotatable bonds is 7. The van der Waals surface area contributed by atoms with Gasteiger partial charge in [0.15, 0.2) is 0 Å². The van der Waals surface area contributed by atoms with Crippen LogP contribution < -0.4 is 26.4 Å². The molecule has 2 rings (SSSR count). The van der Waals surface area contributed by atoms with Crippen molar-refractivity contribution in [1.29, 1.82) is 0 Å². The first kappa shape index (κ1) is 18.5. The van der Waals surface area contributed by atoms with Crippen molar-refractivity contribution in [2.45, 2.75) is 6.61 Å². The fraction of sp³-hybridized carbons (Fsp3) is 0.235. The maximum absolute atomic E-state index is 13.3.